The fourth-order valence-corrected chi connectivity index (χ4v) is 3.96. The Labute approximate surface area is 184 Å². The van der Waals surface area contributed by atoms with Crippen molar-refractivity contribution in [3.8, 4) is 0 Å². The second-order valence-electron chi connectivity index (χ2n) is 7.79. The minimum Gasteiger partial charge on any atom is -0.356 e. The smallest absolute Gasteiger partial charge is 0.224 e. The van der Waals surface area contributed by atoms with E-state index in [2.05, 4.69) is 22.5 Å². The summed E-state index contributed by atoms with van der Waals surface area (Å²) in [4.78, 5) is 18.6. The molecule has 1 aromatic rings. The Balaban J connectivity index is 0.00000280. The lowest BCUT2D eigenvalue weighted by atomic mass is 9.95. The van der Waals surface area contributed by atoms with Crippen LogP contribution < -0.4 is 10.6 Å². The second kappa shape index (κ2) is 10.4. The summed E-state index contributed by atoms with van der Waals surface area (Å²) in [6, 6.07) is 7.36. The number of nitrogens with zero attached hydrogens (tertiary/aromatic N) is 2. The van der Waals surface area contributed by atoms with Gasteiger partial charge in [0, 0.05) is 44.6 Å². The molecule has 1 aliphatic carbocycles. The molecule has 1 aliphatic heterocycles. The third-order valence-corrected chi connectivity index (χ3v) is 5.87. The van der Waals surface area contributed by atoms with Crippen LogP contribution in [0.3, 0.4) is 0 Å². The first-order chi connectivity index (χ1) is 13.1. The number of guanidine groups is 1. The van der Waals surface area contributed by atoms with Crippen molar-refractivity contribution < 1.29 is 9.18 Å². The van der Waals surface area contributed by atoms with E-state index in [1.165, 1.54) is 12.5 Å². The van der Waals surface area contributed by atoms with E-state index >= 15 is 0 Å². The number of likely N-dealkylation sites (tertiary alicyclic amines) is 1. The van der Waals surface area contributed by atoms with Crippen molar-refractivity contribution in [2.75, 3.05) is 26.7 Å². The van der Waals surface area contributed by atoms with Gasteiger partial charge >= 0.3 is 0 Å². The third kappa shape index (κ3) is 5.58. The molecule has 5 nitrogen and oxygen atoms in total. The molecule has 3 rings (SSSR count). The van der Waals surface area contributed by atoms with Crippen LogP contribution in [0, 0.1) is 5.82 Å². The first-order valence-electron chi connectivity index (χ1n) is 10.0. The van der Waals surface area contributed by atoms with Crippen LogP contribution in [-0.4, -0.2) is 49.5 Å². The van der Waals surface area contributed by atoms with Crippen LogP contribution in [0.25, 0.3) is 0 Å². The minimum absolute atomic E-state index is 0. The molecular weight excluding hydrogens is 470 g/mol. The van der Waals surface area contributed by atoms with E-state index in [9.17, 15) is 9.18 Å². The molecule has 0 radical (unpaired) electrons. The van der Waals surface area contributed by atoms with Gasteiger partial charge in [0.05, 0.1) is 0 Å². The highest BCUT2D eigenvalue weighted by atomic mass is 127. The maximum Gasteiger partial charge on any atom is 0.224 e. The van der Waals surface area contributed by atoms with Crippen LogP contribution in [0.4, 0.5) is 4.39 Å². The van der Waals surface area contributed by atoms with Gasteiger partial charge in [-0.1, -0.05) is 18.2 Å². The highest BCUT2D eigenvalue weighted by Crippen LogP contribution is 2.48. The van der Waals surface area contributed by atoms with Crippen molar-refractivity contribution in [1.29, 1.82) is 0 Å². The van der Waals surface area contributed by atoms with Gasteiger partial charge in [-0.15, -0.1) is 24.0 Å². The number of benzene rings is 1. The van der Waals surface area contributed by atoms with Crippen molar-refractivity contribution in [3.05, 3.63) is 35.6 Å². The molecule has 1 aromatic carbocycles. The van der Waals surface area contributed by atoms with Crippen LogP contribution >= 0.6 is 24.0 Å². The zero-order valence-corrected chi connectivity index (χ0v) is 19.2. The predicted octanol–water partition coefficient (Wildman–Crippen LogP) is 3.43. The lowest BCUT2D eigenvalue weighted by Gasteiger charge is -2.33. The number of aliphatic imine (C=N–C) groups is 1. The molecule has 0 bridgehead atoms. The molecule has 1 saturated carbocycles. The Morgan fingerprint density at radius 2 is 2.04 bits per heavy atom. The first kappa shape index (κ1) is 22.9. The summed E-state index contributed by atoms with van der Waals surface area (Å²) in [6.45, 7) is 4.19. The van der Waals surface area contributed by atoms with Gasteiger partial charge in [0.25, 0.3) is 0 Å². The zero-order chi connectivity index (χ0) is 19.3. The molecule has 1 atom stereocenters. The summed E-state index contributed by atoms with van der Waals surface area (Å²) in [5, 5.41) is 6.53. The average molecular weight is 502 g/mol. The molecule has 2 fully saturated rings. The summed E-state index contributed by atoms with van der Waals surface area (Å²) < 4.78 is 14.1. The van der Waals surface area contributed by atoms with Crippen molar-refractivity contribution in [2.24, 2.45) is 4.99 Å². The van der Waals surface area contributed by atoms with Gasteiger partial charge < -0.3 is 15.5 Å². The molecule has 7 heteroatoms. The third-order valence-electron chi connectivity index (χ3n) is 5.87. The van der Waals surface area contributed by atoms with E-state index in [1.807, 2.05) is 17.0 Å². The van der Waals surface area contributed by atoms with Crippen LogP contribution in [0.1, 0.15) is 51.0 Å². The number of carbonyl (C=O) groups excluding carboxylic acids is 1. The number of hydrogen-bond donors (Lipinski definition) is 2. The van der Waals surface area contributed by atoms with Crippen molar-refractivity contribution in [2.45, 2.75) is 56.9 Å². The fraction of sp³-hybridized carbons (Fsp3) is 0.619. The van der Waals surface area contributed by atoms with Crippen molar-refractivity contribution in [3.63, 3.8) is 0 Å². The second-order valence-corrected chi connectivity index (χ2v) is 7.79. The number of rotatable bonds is 6. The number of hydrogen-bond acceptors (Lipinski definition) is 2. The van der Waals surface area contributed by atoms with E-state index in [0.29, 0.717) is 31.5 Å². The molecule has 0 spiro atoms. The van der Waals surface area contributed by atoms with Gasteiger partial charge in [-0.3, -0.25) is 9.79 Å². The van der Waals surface area contributed by atoms with Crippen LogP contribution in [0.2, 0.25) is 0 Å². The standard InChI is InChI=1S/C21H31FN4O.HI/c1-16-7-5-6-14-26(16)19(27)10-13-24-20(23-2)25-15-21(11-12-21)17-8-3-4-9-18(17)22;/h3-4,8-9,16H,5-7,10-15H2,1-2H3,(H2,23,24,25);1H. The molecule has 1 amide bonds. The summed E-state index contributed by atoms with van der Waals surface area (Å²) >= 11 is 0. The van der Waals surface area contributed by atoms with Crippen LogP contribution in [-0.2, 0) is 10.2 Å². The maximum atomic E-state index is 14.1. The topological polar surface area (TPSA) is 56.7 Å². The molecular formula is C21H32FIN4O. The normalized spacial score (nSPS) is 20.9. The monoisotopic (exact) mass is 502 g/mol. The van der Waals surface area contributed by atoms with Gasteiger partial charge in [0.1, 0.15) is 5.82 Å². The molecule has 2 aliphatic rings. The zero-order valence-electron chi connectivity index (χ0n) is 16.8. The molecule has 1 unspecified atom stereocenters. The van der Waals surface area contributed by atoms with Crippen molar-refractivity contribution >= 4 is 35.8 Å². The lowest BCUT2D eigenvalue weighted by Crippen LogP contribution is -2.45. The Morgan fingerprint density at radius 3 is 2.68 bits per heavy atom. The summed E-state index contributed by atoms with van der Waals surface area (Å²) in [6.07, 6.45) is 5.82. The van der Waals surface area contributed by atoms with E-state index in [4.69, 9.17) is 0 Å². The SMILES string of the molecule is CN=C(NCCC(=O)N1CCCCC1C)NCC1(c2ccccc2F)CC1.I. The molecule has 1 heterocycles. The van der Waals surface area contributed by atoms with E-state index in [-0.39, 0.29) is 41.1 Å². The number of nitrogens with one attached hydrogen (secondary N) is 2. The fourth-order valence-electron chi connectivity index (χ4n) is 3.96. The molecule has 1 saturated heterocycles. The lowest BCUT2D eigenvalue weighted by molar-refractivity contribution is -0.134. The van der Waals surface area contributed by atoms with E-state index < -0.39 is 0 Å². The van der Waals surface area contributed by atoms with Gasteiger partial charge in [-0.05, 0) is 50.7 Å². The average Bonchev–Trinajstić information content (AvgIpc) is 3.46. The van der Waals surface area contributed by atoms with Crippen LogP contribution in [0.15, 0.2) is 29.3 Å². The van der Waals surface area contributed by atoms with Crippen molar-refractivity contribution in [1.82, 2.24) is 15.5 Å². The summed E-state index contributed by atoms with van der Waals surface area (Å²) in [7, 11) is 1.71. The Kier molecular flexibility index (Phi) is 8.52. The molecule has 156 valence electrons. The van der Waals surface area contributed by atoms with Crippen LogP contribution in [0.5, 0.6) is 0 Å². The number of carbonyl (C=O) groups is 1. The summed E-state index contributed by atoms with van der Waals surface area (Å²) in [5.74, 6) is 0.730. The number of halogens is 2. The number of amides is 1. The molecule has 2 N–H and O–H groups in total. The number of piperidine rings is 1. The van der Waals surface area contributed by atoms with Gasteiger partial charge in [0.15, 0.2) is 5.96 Å². The highest BCUT2D eigenvalue weighted by Gasteiger charge is 2.45. The van der Waals surface area contributed by atoms with Gasteiger partial charge in [-0.2, -0.15) is 0 Å². The molecule has 0 aromatic heterocycles. The largest absolute Gasteiger partial charge is 0.356 e. The quantitative estimate of drug-likeness (QED) is 0.356. The maximum absolute atomic E-state index is 14.1. The summed E-state index contributed by atoms with van der Waals surface area (Å²) in [5.41, 5.74) is 0.643. The Morgan fingerprint density at radius 1 is 1.29 bits per heavy atom. The van der Waals surface area contributed by atoms with Gasteiger partial charge in [-0.25, -0.2) is 4.39 Å². The predicted molar refractivity (Wildman–Crippen MR) is 122 cm³/mol. The molecule has 28 heavy (non-hydrogen) atoms. The van der Waals surface area contributed by atoms with E-state index in [0.717, 1.165) is 37.8 Å². The minimum atomic E-state index is -0.138. The first-order valence-corrected chi connectivity index (χ1v) is 10.0. The Bertz CT molecular complexity index is 693. The Hall–Kier alpha value is -1.38. The van der Waals surface area contributed by atoms with Gasteiger partial charge in [0.2, 0.25) is 5.91 Å². The van der Waals surface area contributed by atoms with E-state index in [1.54, 1.807) is 13.1 Å². The highest BCUT2D eigenvalue weighted by molar-refractivity contribution is 14.0.